The molecular weight excluding hydrogens is 318 g/mol. The minimum Gasteiger partial charge on any atom is -0.471 e. The van der Waals surface area contributed by atoms with E-state index in [1.807, 2.05) is 0 Å². The molecule has 0 spiro atoms. The third kappa shape index (κ3) is 6.13. The van der Waals surface area contributed by atoms with Gasteiger partial charge in [0.2, 0.25) is 5.88 Å². The number of nitrogens with zero attached hydrogens (tertiary/aromatic N) is 1. The van der Waals surface area contributed by atoms with Crippen molar-refractivity contribution in [1.82, 2.24) is 10.3 Å². The van der Waals surface area contributed by atoms with Crippen molar-refractivity contribution >= 4 is 18.3 Å². The second-order valence-corrected chi connectivity index (χ2v) is 3.78. The van der Waals surface area contributed by atoms with Crippen LogP contribution in [0.3, 0.4) is 0 Å². The molecular formula is C11H14ClF4N3O2. The van der Waals surface area contributed by atoms with Crippen LogP contribution in [-0.2, 0) is 0 Å². The summed E-state index contributed by atoms with van der Waals surface area (Å²) in [5, 5.41) is 2.48. The van der Waals surface area contributed by atoms with Gasteiger partial charge in [-0.3, -0.25) is 4.79 Å². The van der Waals surface area contributed by atoms with Crippen LogP contribution in [-0.4, -0.2) is 42.9 Å². The van der Waals surface area contributed by atoms with Gasteiger partial charge in [-0.1, -0.05) is 0 Å². The highest BCUT2D eigenvalue weighted by molar-refractivity contribution is 5.93. The number of halogens is 5. The number of amides is 1. The molecule has 0 aliphatic carbocycles. The van der Waals surface area contributed by atoms with Gasteiger partial charge in [-0.05, 0) is 6.07 Å². The number of ether oxygens (including phenoxy) is 1. The Morgan fingerprint density at radius 1 is 1.43 bits per heavy atom. The fourth-order valence-corrected chi connectivity index (χ4v) is 1.12. The fourth-order valence-electron chi connectivity index (χ4n) is 1.12. The molecule has 21 heavy (non-hydrogen) atoms. The zero-order valence-corrected chi connectivity index (χ0v) is 11.5. The summed E-state index contributed by atoms with van der Waals surface area (Å²) in [5.74, 6) is -4.97. The summed E-state index contributed by atoms with van der Waals surface area (Å²) in [6.07, 6.45) is -2.73. The SMILES string of the molecule is Cl.NCCNC(=O)c1ccc(OCC(F)(F)C(F)F)nc1. The normalized spacial score (nSPS) is 11.0. The van der Waals surface area contributed by atoms with Gasteiger partial charge >= 0.3 is 12.3 Å². The average molecular weight is 332 g/mol. The first-order valence-corrected chi connectivity index (χ1v) is 5.60. The summed E-state index contributed by atoms with van der Waals surface area (Å²) in [6, 6.07) is 2.41. The first-order chi connectivity index (χ1) is 9.36. The third-order valence-corrected chi connectivity index (χ3v) is 2.16. The van der Waals surface area contributed by atoms with Crippen molar-refractivity contribution in [3.05, 3.63) is 23.9 Å². The highest BCUT2D eigenvalue weighted by Gasteiger charge is 2.41. The van der Waals surface area contributed by atoms with E-state index in [1.165, 1.54) is 6.07 Å². The average Bonchev–Trinajstić information content (AvgIpc) is 2.43. The van der Waals surface area contributed by atoms with Crippen molar-refractivity contribution in [2.24, 2.45) is 5.73 Å². The quantitative estimate of drug-likeness (QED) is 0.742. The second kappa shape index (κ2) is 8.63. The van der Waals surface area contributed by atoms with Crippen LogP contribution in [0, 0.1) is 0 Å². The Morgan fingerprint density at radius 2 is 2.10 bits per heavy atom. The van der Waals surface area contributed by atoms with Crippen molar-refractivity contribution < 1.29 is 27.1 Å². The standard InChI is InChI=1S/C11H13F4N3O2.ClH/c12-10(13)11(14,15)6-20-8-2-1-7(5-18-8)9(19)17-4-3-16;/h1-2,5,10H,3-4,6,16H2,(H,17,19);1H. The molecule has 0 aliphatic heterocycles. The van der Waals surface area contributed by atoms with Gasteiger partial charge in [-0.2, -0.15) is 8.78 Å². The molecule has 1 heterocycles. The number of hydrogen-bond donors (Lipinski definition) is 2. The molecule has 0 unspecified atom stereocenters. The number of nitrogens with one attached hydrogen (secondary N) is 1. The zero-order chi connectivity index (χ0) is 15.2. The van der Waals surface area contributed by atoms with E-state index in [-0.39, 0.29) is 36.9 Å². The Bertz CT molecular complexity index is 446. The first kappa shape index (κ1) is 19.4. The van der Waals surface area contributed by atoms with Crippen LogP contribution in [0.5, 0.6) is 5.88 Å². The number of nitrogens with two attached hydrogens (primary N) is 1. The molecule has 0 saturated carbocycles. The number of hydrogen-bond acceptors (Lipinski definition) is 4. The van der Waals surface area contributed by atoms with Crippen LogP contribution < -0.4 is 15.8 Å². The summed E-state index contributed by atoms with van der Waals surface area (Å²) in [6.45, 7) is -0.947. The number of aromatic nitrogens is 1. The Morgan fingerprint density at radius 3 is 2.57 bits per heavy atom. The van der Waals surface area contributed by atoms with Crippen LogP contribution in [0.1, 0.15) is 10.4 Å². The van der Waals surface area contributed by atoms with Crippen LogP contribution in [0.2, 0.25) is 0 Å². The second-order valence-electron chi connectivity index (χ2n) is 3.78. The Labute approximate surface area is 124 Å². The van der Waals surface area contributed by atoms with Gasteiger partial charge in [0, 0.05) is 25.4 Å². The molecule has 0 aliphatic rings. The van der Waals surface area contributed by atoms with Gasteiger partial charge in [-0.15, -0.1) is 12.4 Å². The summed E-state index contributed by atoms with van der Waals surface area (Å²) >= 11 is 0. The number of rotatable bonds is 7. The predicted molar refractivity (Wildman–Crippen MR) is 69.3 cm³/mol. The predicted octanol–water partition coefficient (Wildman–Crippen LogP) is 1.47. The maximum Gasteiger partial charge on any atom is 0.340 e. The Kier molecular flexibility index (Phi) is 7.97. The van der Waals surface area contributed by atoms with Gasteiger partial charge in [0.1, 0.15) is 0 Å². The maximum atomic E-state index is 12.6. The molecule has 5 nitrogen and oxygen atoms in total. The smallest absolute Gasteiger partial charge is 0.340 e. The molecule has 1 aromatic rings. The first-order valence-electron chi connectivity index (χ1n) is 5.60. The van der Waals surface area contributed by atoms with Gasteiger partial charge < -0.3 is 15.8 Å². The lowest BCUT2D eigenvalue weighted by molar-refractivity contribution is -0.148. The minimum atomic E-state index is -4.25. The van der Waals surface area contributed by atoms with Gasteiger partial charge in [0.05, 0.1) is 5.56 Å². The largest absolute Gasteiger partial charge is 0.471 e. The summed E-state index contributed by atoms with van der Waals surface area (Å²) in [7, 11) is 0. The molecule has 0 fully saturated rings. The third-order valence-electron chi connectivity index (χ3n) is 2.16. The number of carbonyl (C=O) groups excluding carboxylic acids is 1. The van der Waals surface area contributed by atoms with E-state index in [0.29, 0.717) is 0 Å². The topological polar surface area (TPSA) is 77.2 Å². The molecule has 3 N–H and O–H groups in total. The van der Waals surface area contributed by atoms with E-state index in [0.717, 1.165) is 12.3 Å². The lowest BCUT2D eigenvalue weighted by atomic mass is 10.2. The monoisotopic (exact) mass is 331 g/mol. The number of carbonyl (C=O) groups is 1. The molecule has 1 aromatic heterocycles. The van der Waals surface area contributed by atoms with Crippen molar-refractivity contribution in [3.8, 4) is 5.88 Å². The van der Waals surface area contributed by atoms with Crippen LogP contribution in [0.4, 0.5) is 17.6 Å². The summed E-state index contributed by atoms with van der Waals surface area (Å²) in [5.41, 5.74) is 5.37. The van der Waals surface area contributed by atoms with E-state index in [2.05, 4.69) is 15.0 Å². The van der Waals surface area contributed by atoms with Crippen LogP contribution in [0.25, 0.3) is 0 Å². The zero-order valence-electron chi connectivity index (χ0n) is 10.7. The molecule has 120 valence electrons. The maximum absolute atomic E-state index is 12.6. The molecule has 0 saturated heterocycles. The summed E-state index contributed by atoms with van der Waals surface area (Å²) in [4.78, 5) is 15.0. The van der Waals surface area contributed by atoms with Crippen LogP contribution >= 0.6 is 12.4 Å². The Hall–Kier alpha value is -1.61. The van der Waals surface area contributed by atoms with Crippen molar-refractivity contribution in [3.63, 3.8) is 0 Å². The van der Waals surface area contributed by atoms with E-state index >= 15 is 0 Å². The fraction of sp³-hybridized carbons (Fsp3) is 0.455. The van der Waals surface area contributed by atoms with Crippen LogP contribution in [0.15, 0.2) is 18.3 Å². The minimum absolute atomic E-state index is 0. The molecule has 1 rings (SSSR count). The highest BCUT2D eigenvalue weighted by atomic mass is 35.5. The van der Waals surface area contributed by atoms with Gasteiger partial charge in [0.25, 0.3) is 5.91 Å². The number of alkyl halides is 4. The van der Waals surface area contributed by atoms with Gasteiger partial charge in [-0.25, -0.2) is 13.8 Å². The molecule has 0 bridgehead atoms. The molecule has 0 aromatic carbocycles. The summed E-state index contributed by atoms with van der Waals surface area (Å²) < 4.78 is 53.4. The van der Waals surface area contributed by atoms with Crippen molar-refractivity contribution in [2.45, 2.75) is 12.3 Å². The molecule has 1 amide bonds. The van der Waals surface area contributed by atoms with Crippen molar-refractivity contribution in [1.29, 1.82) is 0 Å². The van der Waals surface area contributed by atoms with E-state index in [9.17, 15) is 22.4 Å². The van der Waals surface area contributed by atoms with E-state index < -0.39 is 24.9 Å². The number of pyridine rings is 1. The molecule has 0 atom stereocenters. The molecule has 0 radical (unpaired) electrons. The van der Waals surface area contributed by atoms with Crippen molar-refractivity contribution in [2.75, 3.05) is 19.7 Å². The molecule has 10 heteroatoms. The highest BCUT2D eigenvalue weighted by Crippen LogP contribution is 2.23. The van der Waals surface area contributed by atoms with E-state index in [1.54, 1.807) is 0 Å². The van der Waals surface area contributed by atoms with E-state index in [4.69, 9.17) is 5.73 Å². The lowest BCUT2D eigenvalue weighted by Crippen LogP contribution is -2.34. The lowest BCUT2D eigenvalue weighted by Gasteiger charge is -2.15. The van der Waals surface area contributed by atoms with Gasteiger partial charge in [0.15, 0.2) is 6.61 Å². The Balaban J connectivity index is 0.00000400.